The normalized spacial score (nSPS) is 27.2. The van der Waals surface area contributed by atoms with Gasteiger partial charge in [-0.1, -0.05) is 29.8 Å². The largest absolute Gasteiger partial charge is 0.279 e. The summed E-state index contributed by atoms with van der Waals surface area (Å²) in [5, 5.41) is 0. The van der Waals surface area contributed by atoms with Gasteiger partial charge in [-0.3, -0.25) is 0 Å². The minimum Gasteiger partial charge on any atom is -0.199 e. The van der Waals surface area contributed by atoms with Gasteiger partial charge in [0, 0.05) is 24.0 Å². The second-order valence-corrected chi connectivity index (χ2v) is 7.15. The SMILES string of the molecule is CCN(CC)S(=O)(=O)NC1CCC(Br)CC1. The first-order valence-corrected chi connectivity index (χ1v) is 8.26. The quantitative estimate of drug-likeness (QED) is 0.788. The fourth-order valence-electron chi connectivity index (χ4n) is 2.02. The van der Waals surface area contributed by atoms with Crippen LogP contribution in [0.5, 0.6) is 0 Å². The first-order valence-electron chi connectivity index (χ1n) is 5.91. The van der Waals surface area contributed by atoms with Crippen LogP contribution in [0.15, 0.2) is 0 Å². The Kier molecular flexibility index (Phi) is 5.70. The first-order chi connectivity index (χ1) is 7.49. The topological polar surface area (TPSA) is 49.4 Å². The molecule has 0 amide bonds. The molecular formula is C10H21BrN2O2S. The zero-order valence-electron chi connectivity index (χ0n) is 9.95. The molecule has 0 aromatic carbocycles. The molecule has 16 heavy (non-hydrogen) atoms. The molecule has 0 saturated heterocycles. The number of alkyl halides is 1. The molecule has 0 atom stereocenters. The van der Waals surface area contributed by atoms with Crippen molar-refractivity contribution in [2.24, 2.45) is 0 Å². The van der Waals surface area contributed by atoms with Gasteiger partial charge in [0.2, 0.25) is 0 Å². The van der Waals surface area contributed by atoms with Crippen molar-refractivity contribution in [3.63, 3.8) is 0 Å². The Morgan fingerprint density at radius 2 is 1.69 bits per heavy atom. The van der Waals surface area contributed by atoms with Gasteiger partial charge in [-0.25, -0.2) is 0 Å². The van der Waals surface area contributed by atoms with Crippen LogP contribution in [0.4, 0.5) is 0 Å². The fraction of sp³-hybridized carbons (Fsp3) is 1.00. The number of hydrogen-bond donors (Lipinski definition) is 1. The summed E-state index contributed by atoms with van der Waals surface area (Å²) < 4.78 is 28.2. The molecule has 1 rings (SSSR count). The van der Waals surface area contributed by atoms with E-state index in [0.29, 0.717) is 17.9 Å². The van der Waals surface area contributed by atoms with E-state index in [1.165, 1.54) is 4.31 Å². The highest BCUT2D eigenvalue weighted by Gasteiger charge is 2.26. The highest BCUT2D eigenvalue weighted by atomic mass is 79.9. The molecule has 0 aromatic rings. The lowest BCUT2D eigenvalue weighted by Crippen LogP contribution is -2.46. The van der Waals surface area contributed by atoms with Crippen LogP contribution in [-0.4, -0.2) is 36.7 Å². The molecule has 0 spiro atoms. The van der Waals surface area contributed by atoms with Crippen LogP contribution in [0.3, 0.4) is 0 Å². The van der Waals surface area contributed by atoms with E-state index in [4.69, 9.17) is 0 Å². The predicted molar refractivity (Wildman–Crippen MR) is 69.9 cm³/mol. The lowest BCUT2D eigenvalue weighted by atomic mass is 9.96. The van der Waals surface area contributed by atoms with Crippen LogP contribution in [0.25, 0.3) is 0 Å². The van der Waals surface area contributed by atoms with Crippen molar-refractivity contribution in [3.05, 3.63) is 0 Å². The molecular weight excluding hydrogens is 292 g/mol. The van der Waals surface area contributed by atoms with E-state index in [0.717, 1.165) is 25.7 Å². The maximum atomic E-state index is 11.9. The van der Waals surface area contributed by atoms with Gasteiger partial charge < -0.3 is 0 Å². The smallest absolute Gasteiger partial charge is 0.199 e. The Hall–Kier alpha value is 0.350. The van der Waals surface area contributed by atoms with Crippen molar-refractivity contribution in [1.29, 1.82) is 0 Å². The number of nitrogens with zero attached hydrogens (tertiary/aromatic N) is 1. The summed E-state index contributed by atoms with van der Waals surface area (Å²) in [4.78, 5) is 0.557. The summed E-state index contributed by atoms with van der Waals surface area (Å²) in [6.07, 6.45) is 3.95. The Bertz CT molecular complexity index is 296. The Morgan fingerprint density at radius 3 is 2.12 bits per heavy atom. The molecule has 0 aliphatic heterocycles. The van der Waals surface area contributed by atoms with Crippen LogP contribution in [0.1, 0.15) is 39.5 Å². The molecule has 0 radical (unpaired) electrons. The highest BCUT2D eigenvalue weighted by molar-refractivity contribution is 9.09. The van der Waals surface area contributed by atoms with E-state index in [1.807, 2.05) is 13.8 Å². The molecule has 0 bridgehead atoms. The first kappa shape index (κ1) is 14.4. The van der Waals surface area contributed by atoms with E-state index in [2.05, 4.69) is 20.7 Å². The van der Waals surface area contributed by atoms with E-state index in [1.54, 1.807) is 0 Å². The summed E-state index contributed by atoms with van der Waals surface area (Å²) in [7, 11) is -3.27. The minimum atomic E-state index is -3.27. The van der Waals surface area contributed by atoms with Crippen molar-refractivity contribution < 1.29 is 8.42 Å². The summed E-state index contributed by atoms with van der Waals surface area (Å²) in [5.41, 5.74) is 0. The van der Waals surface area contributed by atoms with Crippen LogP contribution >= 0.6 is 15.9 Å². The monoisotopic (exact) mass is 312 g/mol. The van der Waals surface area contributed by atoms with Crippen molar-refractivity contribution in [1.82, 2.24) is 9.03 Å². The Labute approximate surface area is 107 Å². The average Bonchev–Trinajstić information content (AvgIpc) is 2.22. The zero-order valence-corrected chi connectivity index (χ0v) is 12.3. The van der Waals surface area contributed by atoms with Gasteiger partial charge >= 0.3 is 0 Å². The van der Waals surface area contributed by atoms with E-state index in [-0.39, 0.29) is 6.04 Å². The number of halogens is 1. The highest BCUT2D eigenvalue weighted by Crippen LogP contribution is 2.24. The van der Waals surface area contributed by atoms with Crippen molar-refractivity contribution in [2.45, 2.75) is 50.4 Å². The lowest BCUT2D eigenvalue weighted by molar-refractivity contribution is 0.389. The van der Waals surface area contributed by atoms with Gasteiger partial charge in [-0.05, 0) is 25.7 Å². The third-order valence-corrected chi connectivity index (χ3v) is 5.76. The summed E-state index contributed by atoms with van der Waals surface area (Å²) in [6.45, 7) is 4.77. The molecule has 96 valence electrons. The minimum absolute atomic E-state index is 0.111. The van der Waals surface area contributed by atoms with Crippen LogP contribution in [-0.2, 0) is 10.2 Å². The summed E-state index contributed by atoms with van der Waals surface area (Å²) in [5.74, 6) is 0. The maximum Gasteiger partial charge on any atom is 0.279 e. The average molecular weight is 313 g/mol. The van der Waals surface area contributed by atoms with Gasteiger partial charge in [0.05, 0.1) is 0 Å². The summed E-state index contributed by atoms with van der Waals surface area (Å²) >= 11 is 3.56. The van der Waals surface area contributed by atoms with Crippen LogP contribution < -0.4 is 4.72 Å². The van der Waals surface area contributed by atoms with Gasteiger partial charge in [0.25, 0.3) is 10.2 Å². The van der Waals surface area contributed by atoms with E-state index in [9.17, 15) is 8.42 Å². The summed E-state index contributed by atoms with van der Waals surface area (Å²) in [6, 6.07) is 0.111. The second-order valence-electron chi connectivity index (χ2n) is 4.16. The fourth-order valence-corrected chi connectivity index (χ4v) is 4.03. The van der Waals surface area contributed by atoms with Crippen LogP contribution in [0, 0.1) is 0 Å². The molecule has 0 unspecified atom stereocenters. The van der Waals surface area contributed by atoms with E-state index >= 15 is 0 Å². The van der Waals surface area contributed by atoms with E-state index < -0.39 is 10.2 Å². The van der Waals surface area contributed by atoms with Gasteiger partial charge in [-0.2, -0.15) is 17.4 Å². The third-order valence-electron chi connectivity index (χ3n) is 3.02. The third kappa shape index (κ3) is 3.98. The number of rotatable bonds is 5. The standard InChI is InChI=1S/C10H21BrN2O2S/c1-3-13(4-2)16(14,15)12-10-7-5-9(11)6-8-10/h9-10,12H,3-8H2,1-2H3. The molecule has 0 aromatic heterocycles. The van der Waals surface area contributed by atoms with Crippen LogP contribution in [0.2, 0.25) is 0 Å². The molecule has 0 heterocycles. The molecule has 1 fully saturated rings. The maximum absolute atomic E-state index is 11.9. The molecule has 1 N–H and O–H groups in total. The molecule has 1 aliphatic carbocycles. The number of nitrogens with one attached hydrogen (secondary N) is 1. The Balaban J connectivity index is 2.52. The lowest BCUT2D eigenvalue weighted by Gasteiger charge is -2.28. The van der Waals surface area contributed by atoms with Crippen molar-refractivity contribution in [2.75, 3.05) is 13.1 Å². The second kappa shape index (κ2) is 6.33. The number of hydrogen-bond acceptors (Lipinski definition) is 2. The van der Waals surface area contributed by atoms with Gasteiger partial charge in [0.1, 0.15) is 0 Å². The van der Waals surface area contributed by atoms with Crippen molar-refractivity contribution in [3.8, 4) is 0 Å². The molecule has 1 saturated carbocycles. The predicted octanol–water partition coefficient (Wildman–Crippen LogP) is 1.87. The van der Waals surface area contributed by atoms with Crippen molar-refractivity contribution >= 4 is 26.1 Å². The Morgan fingerprint density at radius 1 is 1.19 bits per heavy atom. The van der Waals surface area contributed by atoms with Gasteiger partial charge in [0.15, 0.2) is 0 Å². The van der Waals surface area contributed by atoms with Gasteiger partial charge in [-0.15, -0.1) is 0 Å². The molecule has 4 nitrogen and oxygen atoms in total. The zero-order chi connectivity index (χ0) is 12.2. The molecule has 1 aliphatic rings. The molecule has 6 heteroatoms.